The summed E-state index contributed by atoms with van der Waals surface area (Å²) < 4.78 is 14.4. The second-order valence-corrected chi connectivity index (χ2v) is 5.06. The molecule has 3 N–H and O–H groups in total. The van der Waals surface area contributed by atoms with Crippen molar-refractivity contribution in [2.45, 2.75) is 0 Å². The molecule has 2 aromatic carbocycles. The fourth-order valence-electron chi connectivity index (χ4n) is 2.10. The van der Waals surface area contributed by atoms with Crippen molar-refractivity contribution in [2.24, 2.45) is 0 Å². The quantitative estimate of drug-likeness (QED) is 0.596. The predicted molar refractivity (Wildman–Crippen MR) is 91.1 cm³/mol. The molecule has 0 radical (unpaired) electrons. The van der Waals surface area contributed by atoms with E-state index in [9.17, 15) is 9.18 Å². The van der Waals surface area contributed by atoms with E-state index in [1.54, 1.807) is 4.68 Å². The number of anilines is 2. The molecule has 0 aliphatic heterocycles. The van der Waals surface area contributed by atoms with Gasteiger partial charge >= 0.3 is 6.03 Å². The summed E-state index contributed by atoms with van der Waals surface area (Å²) in [5.41, 5.74) is 1.34. The number of amides is 2. The number of hydrogen-bond acceptors (Lipinski definition) is 5. The van der Waals surface area contributed by atoms with Gasteiger partial charge in [0.15, 0.2) is 0 Å². The Bertz CT molecular complexity index is 820. The highest BCUT2D eigenvalue weighted by Gasteiger charge is 2.07. The number of nitrogens with zero attached hydrogens (tertiary/aromatic N) is 4. The first-order valence-electron chi connectivity index (χ1n) is 7.60. The van der Waals surface area contributed by atoms with E-state index < -0.39 is 0 Å². The van der Waals surface area contributed by atoms with Crippen LogP contribution < -0.4 is 16.0 Å². The van der Waals surface area contributed by atoms with Crippen LogP contribution in [0.4, 0.5) is 20.8 Å². The van der Waals surface area contributed by atoms with Crippen LogP contribution in [0.15, 0.2) is 54.6 Å². The Hall–Kier alpha value is -3.49. The third-order valence-corrected chi connectivity index (χ3v) is 3.27. The van der Waals surface area contributed by atoms with Crippen LogP contribution in [0.25, 0.3) is 5.69 Å². The number of halogens is 1. The summed E-state index contributed by atoms with van der Waals surface area (Å²) in [6.45, 7) is 0.790. The highest BCUT2D eigenvalue weighted by Crippen LogP contribution is 2.10. The van der Waals surface area contributed by atoms with Crippen LogP contribution in [-0.2, 0) is 0 Å². The molecule has 3 rings (SSSR count). The Balaban J connectivity index is 1.45. The fraction of sp³-hybridized carbons (Fsp3) is 0.125. The van der Waals surface area contributed by atoms with Gasteiger partial charge in [0.25, 0.3) is 0 Å². The molecule has 1 heterocycles. The SMILES string of the molecule is O=C(NCCNc1nnnn1-c1ccccc1)Nc1ccc(F)cc1. The largest absolute Gasteiger partial charge is 0.351 e. The van der Waals surface area contributed by atoms with Crippen molar-refractivity contribution < 1.29 is 9.18 Å². The molecule has 2 amide bonds. The van der Waals surface area contributed by atoms with Crippen LogP contribution >= 0.6 is 0 Å². The van der Waals surface area contributed by atoms with Gasteiger partial charge in [-0.05, 0) is 46.8 Å². The lowest BCUT2D eigenvalue weighted by Gasteiger charge is -2.09. The monoisotopic (exact) mass is 341 g/mol. The summed E-state index contributed by atoms with van der Waals surface area (Å²) in [5.74, 6) is 0.123. The van der Waals surface area contributed by atoms with E-state index in [1.165, 1.54) is 24.3 Å². The second-order valence-electron chi connectivity index (χ2n) is 5.06. The summed E-state index contributed by atoms with van der Waals surface area (Å²) in [6, 6.07) is 14.6. The minimum Gasteiger partial charge on any atom is -0.351 e. The van der Waals surface area contributed by atoms with E-state index in [0.29, 0.717) is 24.7 Å². The highest BCUT2D eigenvalue weighted by atomic mass is 19.1. The summed E-state index contributed by atoms with van der Waals surface area (Å²) in [4.78, 5) is 11.8. The molecule has 1 aromatic heterocycles. The molecule has 0 aliphatic rings. The van der Waals surface area contributed by atoms with Crippen LogP contribution in [0.2, 0.25) is 0 Å². The lowest BCUT2D eigenvalue weighted by Crippen LogP contribution is -2.32. The number of benzene rings is 2. The van der Waals surface area contributed by atoms with E-state index in [1.807, 2.05) is 30.3 Å². The Morgan fingerprint density at radius 2 is 1.80 bits per heavy atom. The first kappa shape index (κ1) is 16.4. The summed E-state index contributed by atoms with van der Waals surface area (Å²) >= 11 is 0. The lowest BCUT2D eigenvalue weighted by molar-refractivity contribution is 0.252. The molecular weight excluding hydrogens is 325 g/mol. The molecular formula is C16H16FN7O. The molecule has 0 fully saturated rings. The van der Waals surface area contributed by atoms with Crippen LogP contribution in [-0.4, -0.2) is 39.3 Å². The number of urea groups is 1. The predicted octanol–water partition coefficient (Wildman–Crippen LogP) is 2.03. The maximum absolute atomic E-state index is 12.8. The molecule has 0 unspecified atom stereocenters. The lowest BCUT2D eigenvalue weighted by atomic mass is 10.3. The normalized spacial score (nSPS) is 10.3. The van der Waals surface area contributed by atoms with Crippen LogP contribution in [0.1, 0.15) is 0 Å². The van der Waals surface area contributed by atoms with Gasteiger partial charge in [0.1, 0.15) is 5.82 Å². The summed E-state index contributed by atoms with van der Waals surface area (Å²) in [6.07, 6.45) is 0. The van der Waals surface area contributed by atoms with Gasteiger partial charge in [-0.1, -0.05) is 23.3 Å². The van der Waals surface area contributed by atoms with Gasteiger partial charge in [-0.25, -0.2) is 9.18 Å². The summed E-state index contributed by atoms with van der Waals surface area (Å²) in [5, 5.41) is 19.8. The Morgan fingerprint density at radius 3 is 2.56 bits per heavy atom. The van der Waals surface area contributed by atoms with Gasteiger partial charge in [-0.15, -0.1) is 0 Å². The Kier molecular flexibility index (Phi) is 5.15. The van der Waals surface area contributed by atoms with E-state index >= 15 is 0 Å². The standard InChI is InChI=1S/C16H16FN7O/c17-12-6-8-13(9-7-12)20-16(25)19-11-10-18-15-21-22-23-24(15)14-4-2-1-3-5-14/h1-9H,10-11H2,(H,18,21,23)(H2,19,20,25). The van der Waals surface area contributed by atoms with Gasteiger partial charge in [0.05, 0.1) is 5.69 Å². The molecule has 128 valence electrons. The molecule has 0 atom stereocenters. The number of tetrazole rings is 1. The van der Waals surface area contributed by atoms with E-state index in [4.69, 9.17) is 0 Å². The van der Waals surface area contributed by atoms with Crippen molar-refractivity contribution in [1.82, 2.24) is 25.5 Å². The van der Waals surface area contributed by atoms with Gasteiger partial charge in [-0.2, -0.15) is 4.68 Å². The molecule has 3 aromatic rings. The number of carbonyl (C=O) groups excluding carboxylic acids is 1. The minimum absolute atomic E-state index is 0.355. The molecule has 0 aliphatic carbocycles. The van der Waals surface area contributed by atoms with Gasteiger partial charge in [-0.3, -0.25) is 0 Å². The van der Waals surface area contributed by atoms with Crippen molar-refractivity contribution in [3.63, 3.8) is 0 Å². The van der Waals surface area contributed by atoms with Crippen molar-refractivity contribution in [1.29, 1.82) is 0 Å². The maximum Gasteiger partial charge on any atom is 0.319 e. The van der Waals surface area contributed by atoms with Crippen molar-refractivity contribution >= 4 is 17.7 Å². The first-order valence-corrected chi connectivity index (χ1v) is 7.60. The highest BCUT2D eigenvalue weighted by molar-refractivity contribution is 5.89. The Morgan fingerprint density at radius 1 is 1.04 bits per heavy atom. The van der Waals surface area contributed by atoms with Crippen LogP contribution in [0.3, 0.4) is 0 Å². The van der Waals surface area contributed by atoms with Gasteiger partial charge in [0, 0.05) is 18.8 Å². The Labute approximate surface area is 143 Å². The number of aromatic nitrogens is 4. The molecule has 0 saturated heterocycles. The fourth-order valence-corrected chi connectivity index (χ4v) is 2.10. The first-order chi connectivity index (χ1) is 12.2. The third kappa shape index (κ3) is 4.50. The topological polar surface area (TPSA) is 96.8 Å². The molecule has 0 spiro atoms. The number of carbonyl (C=O) groups is 1. The molecule has 9 heteroatoms. The third-order valence-electron chi connectivity index (χ3n) is 3.27. The summed E-state index contributed by atoms with van der Waals surface area (Å²) in [7, 11) is 0. The average molecular weight is 341 g/mol. The number of rotatable bonds is 6. The van der Waals surface area contributed by atoms with Crippen molar-refractivity contribution in [3.8, 4) is 5.69 Å². The van der Waals surface area contributed by atoms with Gasteiger partial charge < -0.3 is 16.0 Å². The van der Waals surface area contributed by atoms with E-state index in [0.717, 1.165) is 5.69 Å². The van der Waals surface area contributed by atoms with Crippen molar-refractivity contribution in [3.05, 3.63) is 60.4 Å². The molecule has 0 bridgehead atoms. The smallest absolute Gasteiger partial charge is 0.319 e. The number of hydrogen-bond donors (Lipinski definition) is 3. The second kappa shape index (κ2) is 7.86. The zero-order valence-corrected chi connectivity index (χ0v) is 13.2. The van der Waals surface area contributed by atoms with Crippen molar-refractivity contribution in [2.75, 3.05) is 23.7 Å². The maximum atomic E-state index is 12.8. The number of para-hydroxylation sites is 1. The van der Waals surface area contributed by atoms with Gasteiger partial charge in [0.2, 0.25) is 5.95 Å². The molecule has 25 heavy (non-hydrogen) atoms. The molecule has 0 saturated carbocycles. The number of nitrogens with one attached hydrogen (secondary N) is 3. The van der Waals surface area contributed by atoms with E-state index in [2.05, 4.69) is 31.5 Å². The van der Waals surface area contributed by atoms with Crippen LogP contribution in [0.5, 0.6) is 0 Å². The zero-order valence-electron chi connectivity index (χ0n) is 13.2. The minimum atomic E-state index is -0.379. The van der Waals surface area contributed by atoms with E-state index in [-0.39, 0.29) is 11.8 Å². The van der Waals surface area contributed by atoms with Crippen LogP contribution in [0, 0.1) is 5.82 Å². The average Bonchev–Trinajstić information content (AvgIpc) is 3.10. The zero-order chi connectivity index (χ0) is 17.5. The molecule has 8 nitrogen and oxygen atoms in total.